The molecule has 1 N–H and O–H groups in total. The number of carbonyl (C=O) groups excluding carboxylic acids is 1. The van der Waals surface area contributed by atoms with Crippen molar-refractivity contribution in [3.8, 4) is 0 Å². The van der Waals surface area contributed by atoms with Gasteiger partial charge in [-0.15, -0.1) is 11.3 Å². The molecule has 2 aliphatic rings. The summed E-state index contributed by atoms with van der Waals surface area (Å²) in [5, 5.41) is 3.07. The topological polar surface area (TPSA) is 38.3 Å². The van der Waals surface area contributed by atoms with Gasteiger partial charge in [-0.1, -0.05) is 0 Å². The van der Waals surface area contributed by atoms with Crippen LogP contribution in [0.15, 0.2) is 14.3 Å². The van der Waals surface area contributed by atoms with Crippen LogP contribution in [0.1, 0.15) is 28.9 Å². The Hall–Kier alpha value is 0.0900. The average molecular weight is 381 g/mol. The Bertz CT molecular complexity index is 443. The largest absolute Gasteiger partial charge is 0.373 e. The number of thiophene rings is 1. The van der Waals surface area contributed by atoms with E-state index in [1.54, 1.807) is 0 Å². The van der Waals surface area contributed by atoms with Crippen LogP contribution in [-0.4, -0.2) is 24.2 Å². The van der Waals surface area contributed by atoms with E-state index in [1.165, 1.54) is 11.3 Å². The highest BCUT2D eigenvalue weighted by Gasteiger charge is 2.41. The highest BCUT2D eigenvalue weighted by molar-refractivity contribution is 9.13. The van der Waals surface area contributed by atoms with E-state index in [1.807, 2.05) is 6.07 Å². The van der Waals surface area contributed by atoms with Gasteiger partial charge in [-0.25, -0.2) is 0 Å². The van der Waals surface area contributed by atoms with Crippen molar-refractivity contribution in [2.24, 2.45) is 0 Å². The van der Waals surface area contributed by atoms with Crippen LogP contribution in [0.5, 0.6) is 0 Å². The van der Waals surface area contributed by atoms with E-state index in [2.05, 4.69) is 37.2 Å². The molecule has 92 valence electrons. The number of nitrogens with one attached hydrogen (secondary N) is 1. The van der Waals surface area contributed by atoms with Gasteiger partial charge in [0.05, 0.1) is 26.9 Å². The Labute approximate surface area is 120 Å². The summed E-state index contributed by atoms with van der Waals surface area (Å²) < 4.78 is 7.60. The first-order valence-corrected chi connectivity index (χ1v) is 7.95. The van der Waals surface area contributed by atoms with Gasteiger partial charge in [-0.05, 0) is 57.2 Å². The lowest BCUT2D eigenvalue weighted by Gasteiger charge is -2.19. The van der Waals surface area contributed by atoms with Crippen molar-refractivity contribution in [3.63, 3.8) is 0 Å². The van der Waals surface area contributed by atoms with Crippen LogP contribution < -0.4 is 5.32 Å². The maximum absolute atomic E-state index is 12.0. The van der Waals surface area contributed by atoms with Crippen LogP contribution in [0.4, 0.5) is 0 Å². The number of ether oxygens (including phenoxy) is 1. The molecule has 3 unspecified atom stereocenters. The second kappa shape index (κ2) is 4.64. The minimum Gasteiger partial charge on any atom is -0.373 e. The molecule has 1 amide bonds. The second-order valence-corrected chi connectivity index (χ2v) is 7.65. The zero-order valence-corrected chi connectivity index (χ0v) is 12.9. The third-order valence-electron chi connectivity index (χ3n) is 3.29. The fourth-order valence-corrected chi connectivity index (χ4v) is 4.43. The normalized spacial score (nSPS) is 30.8. The molecule has 2 bridgehead atoms. The molecule has 0 aliphatic carbocycles. The number of fused-ring (bicyclic) bond motifs is 2. The molecule has 1 aromatic rings. The number of hydrogen-bond donors (Lipinski definition) is 1. The Balaban J connectivity index is 1.67. The van der Waals surface area contributed by atoms with E-state index in [0.717, 1.165) is 32.4 Å². The van der Waals surface area contributed by atoms with Crippen LogP contribution in [0, 0.1) is 0 Å². The Morgan fingerprint density at radius 3 is 2.82 bits per heavy atom. The van der Waals surface area contributed by atoms with Gasteiger partial charge < -0.3 is 10.1 Å². The van der Waals surface area contributed by atoms with Crippen molar-refractivity contribution >= 4 is 49.1 Å². The van der Waals surface area contributed by atoms with Crippen molar-refractivity contribution in [2.75, 3.05) is 0 Å². The molecule has 2 fully saturated rings. The zero-order chi connectivity index (χ0) is 12.0. The molecule has 0 radical (unpaired) electrons. The lowest BCUT2D eigenvalue weighted by Crippen LogP contribution is -2.41. The number of rotatable bonds is 2. The van der Waals surface area contributed by atoms with Gasteiger partial charge in [-0.3, -0.25) is 4.79 Å². The summed E-state index contributed by atoms with van der Waals surface area (Å²) in [5.41, 5.74) is 0. The molecule has 3 atom stereocenters. The predicted octanol–water partition coefficient (Wildman–Crippen LogP) is 3.32. The van der Waals surface area contributed by atoms with Crippen molar-refractivity contribution in [1.29, 1.82) is 0 Å². The average Bonchev–Trinajstić information content (AvgIpc) is 2.95. The molecule has 17 heavy (non-hydrogen) atoms. The van der Waals surface area contributed by atoms with Gasteiger partial charge in [0.15, 0.2) is 0 Å². The van der Waals surface area contributed by atoms with Crippen LogP contribution in [0.3, 0.4) is 0 Å². The smallest absolute Gasteiger partial charge is 0.261 e. The summed E-state index contributed by atoms with van der Waals surface area (Å²) >= 11 is 8.23. The van der Waals surface area contributed by atoms with E-state index >= 15 is 0 Å². The SMILES string of the molecule is O=C(NC1CC2CCC1O2)c1cc(Br)c(Br)s1. The van der Waals surface area contributed by atoms with E-state index in [9.17, 15) is 4.79 Å². The predicted molar refractivity (Wildman–Crippen MR) is 73.5 cm³/mol. The van der Waals surface area contributed by atoms with E-state index < -0.39 is 0 Å². The van der Waals surface area contributed by atoms with Gasteiger partial charge >= 0.3 is 0 Å². The molecule has 0 saturated carbocycles. The monoisotopic (exact) mass is 379 g/mol. The molecule has 6 heteroatoms. The summed E-state index contributed by atoms with van der Waals surface area (Å²) in [6, 6.07) is 2.04. The zero-order valence-electron chi connectivity index (χ0n) is 8.91. The first-order chi connectivity index (χ1) is 8.13. The highest BCUT2D eigenvalue weighted by Crippen LogP contribution is 2.35. The molecule has 1 aromatic heterocycles. The van der Waals surface area contributed by atoms with Gasteiger partial charge in [0, 0.05) is 4.47 Å². The van der Waals surface area contributed by atoms with Crippen molar-refractivity contribution in [1.82, 2.24) is 5.32 Å². The maximum atomic E-state index is 12.0. The van der Waals surface area contributed by atoms with E-state index in [0.29, 0.717) is 6.10 Å². The van der Waals surface area contributed by atoms with Gasteiger partial charge in [0.25, 0.3) is 5.91 Å². The number of carbonyl (C=O) groups is 1. The summed E-state index contributed by atoms with van der Waals surface area (Å²) in [6.45, 7) is 0. The minimum absolute atomic E-state index is 0.00236. The van der Waals surface area contributed by atoms with Crippen molar-refractivity contribution < 1.29 is 9.53 Å². The molecular formula is C11H11Br2NO2S. The first-order valence-electron chi connectivity index (χ1n) is 5.54. The van der Waals surface area contributed by atoms with Crippen LogP contribution >= 0.6 is 43.2 Å². The van der Waals surface area contributed by atoms with Crippen molar-refractivity contribution in [3.05, 3.63) is 19.2 Å². The Morgan fingerprint density at radius 2 is 2.29 bits per heavy atom. The summed E-state index contributed by atoms with van der Waals surface area (Å²) in [7, 11) is 0. The van der Waals surface area contributed by atoms with Gasteiger partial charge in [-0.2, -0.15) is 0 Å². The van der Waals surface area contributed by atoms with Crippen LogP contribution in [-0.2, 0) is 4.74 Å². The maximum Gasteiger partial charge on any atom is 0.261 e. The molecule has 3 rings (SSSR count). The molecular weight excluding hydrogens is 370 g/mol. The van der Waals surface area contributed by atoms with Crippen molar-refractivity contribution in [2.45, 2.75) is 37.5 Å². The summed E-state index contributed by atoms with van der Waals surface area (Å²) in [6.07, 6.45) is 3.79. The second-order valence-electron chi connectivity index (χ2n) is 4.42. The molecule has 0 aromatic carbocycles. The molecule has 2 saturated heterocycles. The number of amides is 1. The van der Waals surface area contributed by atoms with Gasteiger partial charge in [0.2, 0.25) is 0 Å². The third-order valence-corrected chi connectivity index (χ3v) is 6.55. The third kappa shape index (κ3) is 2.32. The number of hydrogen-bond acceptors (Lipinski definition) is 3. The van der Waals surface area contributed by atoms with E-state index in [-0.39, 0.29) is 18.1 Å². The first kappa shape index (κ1) is 12.1. The van der Waals surface area contributed by atoms with Crippen LogP contribution in [0.2, 0.25) is 0 Å². The summed E-state index contributed by atoms with van der Waals surface area (Å²) in [5.74, 6) is 0.00236. The highest BCUT2D eigenvalue weighted by atomic mass is 79.9. The minimum atomic E-state index is 0.00236. The lowest BCUT2D eigenvalue weighted by molar-refractivity contribution is 0.0843. The van der Waals surface area contributed by atoms with E-state index in [4.69, 9.17) is 4.74 Å². The number of halogens is 2. The van der Waals surface area contributed by atoms with Gasteiger partial charge in [0.1, 0.15) is 0 Å². The standard InChI is InChI=1S/C11H11Br2NO2S/c12-6-4-9(17-10(6)13)11(15)14-7-3-5-1-2-8(7)16-5/h4-5,7-8H,1-3H2,(H,14,15). The Morgan fingerprint density at radius 1 is 1.47 bits per heavy atom. The quantitative estimate of drug-likeness (QED) is 0.854. The molecule has 0 spiro atoms. The Kier molecular flexibility index (Phi) is 3.32. The molecule has 2 aliphatic heterocycles. The summed E-state index contributed by atoms with van der Waals surface area (Å²) in [4.78, 5) is 12.8. The fourth-order valence-electron chi connectivity index (χ4n) is 2.49. The van der Waals surface area contributed by atoms with Crippen LogP contribution in [0.25, 0.3) is 0 Å². The fraction of sp³-hybridized carbons (Fsp3) is 0.545. The lowest BCUT2D eigenvalue weighted by atomic mass is 9.95. The molecule has 3 heterocycles. The molecule has 3 nitrogen and oxygen atoms in total.